The molecule has 1 atom stereocenters. The number of hydrogen-bond donors (Lipinski definition) is 0. The lowest BCUT2D eigenvalue weighted by Crippen LogP contribution is -2.24. The molecular weight excluding hydrogens is 272 g/mol. The molecule has 1 aromatic rings. The summed E-state index contributed by atoms with van der Waals surface area (Å²) in [6.45, 7) is 4.21. The first-order valence-corrected chi connectivity index (χ1v) is 7.90. The minimum atomic E-state index is -0.236. The molecule has 1 aliphatic carbocycles. The lowest BCUT2D eigenvalue weighted by Gasteiger charge is -2.23. The minimum absolute atomic E-state index is 0.127. The van der Waals surface area contributed by atoms with E-state index in [9.17, 15) is 4.79 Å². The van der Waals surface area contributed by atoms with Crippen molar-refractivity contribution in [3.8, 4) is 6.07 Å². The average molecular weight is 296 g/mol. The first-order valence-electron chi connectivity index (χ1n) is 7.90. The molecule has 116 valence electrons. The quantitative estimate of drug-likeness (QED) is 0.792. The van der Waals surface area contributed by atoms with Crippen LogP contribution in [0.3, 0.4) is 0 Å². The molecule has 1 aliphatic rings. The number of nitriles is 1. The van der Waals surface area contributed by atoms with Gasteiger partial charge in [0.2, 0.25) is 0 Å². The van der Waals surface area contributed by atoms with Crippen molar-refractivity contribution in [2.75, 3.05) is 14.1 Å². The molecule has 0 aliphatic heterocycles. The lowest BCUT2D eigenvalue weighted by atomic mass is 9.78. The van der Waals surface area contributed by atoms with Crippen molar-refractivity contribution in [1.29, 1.82) is 5.26 Å². The number of hydrogen-bond acceptors (Lipinski definition) is 3. The molecule has 2 rings (SSSR count). The molecule has 3 nitrogen and oxygen atoms in total. The van der Waals surface area contributed by atoms with E-state index in [1.807, 2.05) is 49.5 Å². The highest BCUT2D eigenvalue weighted by Crippen LogP contribution is 2.51. The molecule has 0 saturated heterocycles. The molecule has 0 heterocycles. The summed E-state index contributed by atoms with van der Waals surface area (Å²) >= 11 is 0. The maximum absolute atomic E-state index is 13.0. The average Bonchev–Trinajstić information content (AvgIpc) is 2.80. The SMILES string of the molecule is CCC1(CC)C[C@@H](c2ccc(C#N)cc2)/C(=C/N(C)C)C1=O. The molecule has 1 fully saturated rings. The Morgan fingerprint density at radius 1 is 1.27 bits per heavy atom. The van der Waals surface area contributed by atoms with Crippen molar-refractivity contribution in [3.05, 3.63) is 47.2 Å². The van der Waals surface area contributed by atoms with Crippen molar-refractivity contribution in [2.24, 2.45) is 5.41 Å². The van der Waals surface area contributed by atoms with Gasteiger partial charge in [0.15, 0.2) is 5.78 Å². The van der Waals surface area contributed by atoms with Gasteiger partial charge >= 0.3 is 0 Å². The van der Waals surface area contributed by atoms with Crippen molar-refractivity contribution < 1.29 is 4.79 Å². The molecule has 0 aromatic heterocycles. The summed E-state index contributed by atoms with van der Waals surface area (Å²) in [5.41, 5.74) is 2.45. The van der Waals surface area contributed by atoms with Crippen LogP contribution >= 0.6 is 0 Å². The summed E-state index contributed by atoms with van der Waals surface area (Å²) in [6, 6.07) is 9.80. The predicted molar refractivity (Wildman–Crippen MR) is 88.3 cm³/mol. The highest BCUT2D eigenvalue weighted by atomic mass is 16.1. The summed E-state index contributed by atoms with van der Waals surface area (Å²) < 4.78 is 0. The molecule has 1 saturated carbocycles. The normalized spacial score (nSPS) is 21.9. The van der Waals surface area contributed by atoms with Gasteiger partial charge in [0, 0.05) is 37.2 Å². The van der Waals surface area contributed by atoms with Gasteiger partial charge in [-0.25, -0.2) is 0 Å². The van der Waals surface area contributed by atoms with E-state index in [-0.39, 0.29) is 11.3 Å². The zero-order valence-corrected chi connectivity index (χ0v) is 13.9. The Kier molecular flexibility index (Phi) is 4.71. The number of carbonyl (C=O) groups is 1. The van der Waals surface area contributed by atoms with Crippen LogP contribution in [0.2, 0.25) is 0 Å². The van der Waals surface area contributed by atoms with Gasteiger partial charge in [0.05, 0.1) is 11.6 Å². The van der Waals surface area contributed by atoms with Gasteiger partial charge in [-0.3, -0.25) is 4.79 Å². The second kappa shape index (κ2) is 6.36. The van der Waals surface area contributed by atoms with Crippen LogP contribution in [-0.2, 0) is 4.79 Å². The van der Waals surface area contributed by atoms with E-state index in [0.717, 1.165) is 30.4 Å². The third kappa shape index (κ3) is 2.78. The fourth-order valence-corrected chi connectivity index (χ4v) is 3.43. The summed E-state index contributed by atoms with van der Waals surface area (Å²) in [5.74, 6) is 0.420. The molecule has 0 N–H and O–H groups in total. The van der Waals surface area contributed by atoms with E-state index in [0.29, 0.717) is 11.3 Å². The smallest absolute Gasteiger partial charge is 0.167 e. The van der Waals surface area contributed by atoms with Crippen LogP contribution in [0.1, 0.15) is 50.2 Å². The number of allylic oxidation sites excluding steroid dienone is 1. The van der Waals surface area contributed by atoms with Crippen LogP contribution in [0, 0.1) is 16.7 Å². The molecule has 0 amide bonds. The topological polar surface area (TPSA) is 44.1 Å². The first kappa shape index (κ1) is 16.3. The van der Waals surface area contributed by atoms with Crippen molar-refractivity contribution in [2.45, 2.75) is 39.0 Å². The Morgan fingerprint density at radius 2 is 1.86 bits per heavy atom. The molecule has 0 radical (unpaired) electrons. The Hall–Kier alpha value is -2.08. The van der Waals surface area contributed by atoms with E-state index < -0.39 is 0 Å². The van der Waals surface area contributed by atoms with Gasteiger partial charge < -0.3 is 4.90 Å². The van der Waals surface area contributed by atoms with E-state index in [1.165, 1.54) is 0 Å². The Labute approximate surface area is 133 Å². The highest BCUT2D eigenvalue weighted by Gasteiger charge is 2.47. The van der Waals surface area contributed by atoms with Crippen molar-refractivity contribution >= 4 is 5.78 Å². The lowest BCUT2D eigenvalue weighted by molar-refractivity contribution is -0.123. The Morgan fingerprint density at radius 3 is 2.32 bits per heavy atom. The molecule has 1 aromatic carbocycles. The highest BCUT2D eigenvalue weighted by molar-refractivity contribution is 6.03. The van der Waals surface area contributed by atoms with Crippen LogP contribution in [0.5, 0.6) is 0 Å². The second-order valence-electron chi connectivity index (χ2n) is 6.36. The standard InChI is InChI=1S/C19H24N2O/c1-5-19(6-2)11-16(17(18(19)22)13-21(3)4)15-9-7-14(12-20)8-10-15/h7-10,13,16H,5-6,11H2,1-4H3/b17-13-/t16-/m0/s1. The molecule has 0 spiro atoms. The number of ketones is 1. The minimum Gasteiger partial charge on any atom is -0.383 e. The van der Waals surface area contributed by atoms with E-state index in [4.69, 9.17) is 5.26 Å². The van der Waals surface area contributed by atoms with E-state index in [2.05, 4.69) is 19.9 Å². The largest absolute Gasteiger partial charge is 0.383 e. The van der Waals surface area contributed by atoms with E-state index in [1.54, 1.807) is 0 Å². The molecule has 3 heteroatoms. The van der Waals surface area contributed by atoms with Crippen LogP contribution < -0.4 is 0 Å². The van der Waals surface area contributed by atoms with Gasteiger partial charge in [-0.1, -0.05) is 26.0 Å². The summed E-state index contributed by atoms with van der Waals surface area (Å²) in [7, 11) is 3.90. The Bertz CT molecular complexity index is 616. The maximum Gasteiger partial charge on any atom is 0.167 e. The van der Waals surface area contributed by atoms with Gasteiger partial charge in [-0.2, -0.15) is 5.26 Å². The monoisotopic (exact) mass is 296 g/mol. The molecular formula is C19H24N2O. The zero-order valence-electron chi connectivity index (χ0n) is 13.9. The first-order chi connectivity index (χ1) is 10.5. The summed E-state index contributed by atoms with van der Waals surface area (Å²) in [6.07, 6.45) is 4.59. The Balaban J connectivity index is 2.47. The van der Waals surface area contributed by atoms with E-state index >= 15 is 0 Å². The number of nitrogens with zero attached hydrogens (tertiary/aromatic N) is 2. The van der Waals surface area contributed by atoms with Gasteiger partial charge in [-0.15, -0.1) is 0 Å². The van der Waals surface area contributed by atoms with Crippen LogP contribution in [0.4, 0.5) is 0 Å². The number of carbonyl (C=O) groups excluding carboxylic acids is 1. The zero-order chi connectivity index (χ0) is 16.3. The molecule has 0 bridgehead atoms. The summed E-state index contributed by atoms with van der Waals surface area (Å²) in [5, 5.41) is 8.94. The molecule has 0 unspecified atom stereocenters. The van der Waals surface area contributed by atoms with Gasteiger partial charge in [0.1, 0.15) is 0 Å². The fraction of sp³-hybridized carbons (Fsp3) is 0.474. The van der Waals surface area contributed by atoms with Crippen molar-refractivity contribution in [3.63, 3.8) is 0 Å². The molecule has 22 heavy (non-hydrogen) atoms. The maximum atomic E-state index is 13.0. The number of Topliss-reactive ketones (excluding diaryl/α,β-unsaturated/α-hetero) is 1. The van der Waals surface area contributed by atoms with Crippen molar-refractivity contribution in [1.82, 2.24) is 4.90 Å². The summed E-state index contributed by atoms with van der Waals surface area (Å²) in [4.78, 5) is 14.9. The fourth-order valence-electron chi connectivity index (χ4n) is 3.43. The number of benzene rings is 1. The third-order valence-corrected chi connectivity index (χ3v) is 4.91. The van der Waals surface area contributed by atoms with Gasteiger partial charge in [0.25, 0.3) is 0 Å². The number of rotatable bonds is 4. The van der Waals surface area contributed by atoms with Crippen LogP contribution in [-0.4, -0.2) is 24.8 Å². The van der Waals surface area contributed by atoms with Crippen LogP contribution in [0.15, 0.2) is 36.0 Å². The predicted octanol–water partition coefficient (Wildman–Crippen LogP) is 3.87. The third-order valence-electron chi connectivity index (χ3n) is 4.91. The van der Waals surface area contributed by atoms with Gasteiger partial charge in [-0.05, 0) is 37.0 Å². The second-order valence-corrected chi connectivity index (χ2v) is 6.36. The van der Waals surface area contributed by atoms with Crippen LogP contribution in [0.25, 0.3) is 0 Å².